The van der Waals surface area contributed by atoms with Crippen molar-refractivity contribution in [2.75, 3.05) is 38.2 Å². The minimum absolute atomic E-state index is 0.153. The molecule has 0 aliphatic carbocycles. The van der Waals surface area contributed by atoms with Gasteiger partial charge in [-0.25, -0.2) is 8.42 Å². The van der Waals surface area contributed by atoms with Gasteiger partial charge in [0.15, 0.2) is 0 Å². The Morgan fingerprint density at radius 1 is 0.909 bits per heavy atom. The lowest BCUT2D eigenvalue weighted by molar-refractivity contribution is -0.136. The lowest BCUT2D eigenvalue weighted by Crippen LogP contribution is -2.56. The molecule has 2 aliphatic heterocycles. The number of hydrogen-bond acceptors (Lipinski definition) is 6. The van der Waals surface area contributed by atoms with Gasteiger partial charge in [0.25, 0.3) is 11.8 Å². The molecule has 1 fully saturated rings. The fourth-order valence-corrected chi connectivity index (χ4v) is 6.09. The quantitative estimate of drug-likeness (QED) is 0.554. The molecule has 0 aromatic heterocycles. The average Bonchev–Trinajstić information content (AvgIpc) is 3.10. The predicted octanol–water partition coefficient (Wildman–Crippen LogP) is 1.94. The normalized spacial score (nSPS) is 17.8. The molecule has 2 heterocycles. The van der Waals surface area contributed by atoms with Crippen LogP contribution >= 0.6 is 11.8 Å². The van der Waals surface area contributed by atoms with Gasteiger partial charge in [-0.2, -0.15) is 16.1 Å². The number of piperazine rings is 1. The van der Waals surface area contributed by atoms with Crippen molar-refractivity contribution in [3.8, 4) is 0 Å². The Hall–Kier alpha value is -2.69. The predicted molar refractivity (Wildman–Crippen MR) is 126 cm³/mol. The Kier molecular flexibility index (Phi) is 6.87. The molecule has 3 amide bonds. The second-order valence-electron chi connectivity index (χ2n) is 7.87. The van der Waals surface area contributed by atoms with Crippen LogP contribution in [0, 0.1) is 0 Å². The highest BCUT2D eigenvalue weighted by Crippen LogP contribution is 2.27. The van der Waals surface area contributed by atoms with E-state index < -0.39 is 27.9 Å². The van der Waals surface area contributed by atoms with Gasteiger partial charge in [-0.15, -0.1) is 0 Å². The van der Waals surface area contributed by atoms with Crippen molar-refractivity contribution in [1.82, 2.24) is 14.1 Å². The van der Waals surface area contributed by atoms with Gasteiger partial charge < -0.3 is 4.90 Å². The Morgan fingerprint density at radius 2 is 1.45 bits per heavy atom. The van der Waals surface area contributed by atoms with Crippen molar-refractivity contribution >= 4 is 39.5 Å². The Balaban J connectivity index is 1.50. The maximum atomic E-state index is 13.5. The van der Waals surface area contributed by atoms with Crippen molar-refractivity contribution in [2.45, 2.75) is 17.4 Å². The van der Waals surface area contributed by atoms with E-state index in [1.54, 1.807) is 59.5 Å². The van der Waals surface area contributed by atoms with E-state index in [9.17, 15) is 22.8 Å². The first-order valence-electron chi connectivity index (χ1n) is 10.7. The summed E-state index contributed by atoms with van der Waals surface area (Å²) in [4.78, 5) is 42.3. The molecule has 2 aromatic carbocycles. The Morgan fingerprint density at radius 3 is 2.00 bits per heavy atom. The van der Waals surface area contributed by atoms with E-state index in [2.05, 4.69) is 0 Å². The van der Waals surface area contributed by atoms with Gasteiger partial charge in [0.1, 0.15) is 6.04 Å². The fraction of sp³-hybridized carbons (Fsp3) is 0.348. The first kappa shape index (κ1) is 23.5. The topological polar surface area (TPSA) is 95.1 Å². The first-order chi connectivity index (χ1) is 15.9. The molecule has 0 spiro atoms. The van der Waals surface area contributed by atoms with E-state index in [4.69, 9.17) is 0 Å². The number of hydrogen-bond donors (Lipinski definition) is 0. The summed E-state index contributed by atoms with van der Waals surface area (Å²) in [6.07, 6.45) is 2.24. The number of carbonyl (C=O) groups excluding carboxylic acids is 3. The average molecular weight is 488 g/mol. The maximum Gasteiger partial charge on any atom is 0.262 e. The first-order valence-corrected chi connectivity index (χ1v) is 13.5. The van der Waals surface area contributed by atoms with E-state index >= 15 is 0 Å². The summed E-state index contributed by atoms with van der Waals surface area (Å²) >= 11 is 1.53. The van der Waals surface area contributed by atoms with Crippen LogP contribution in [0.5, 0.6) is 0 Å². The van der Waals surface area contributed by atoms with E-state index in [-0.39, 0.29) is 37.0 Å². The number of amides is 3. The lowest BCUT2D eigenvalue weighted by Gasteiger charge is -2.37. The van der Waals surface area contributed by atoms with Gasteiger partial charge in [0, 0.05) is 26.2 Å². The molecular weight excluding hydrogens is 462 g/mol. The summed E-state index contributed by atoms with van der Waals surface area (Å²) < 4.78 is 27.1. The molecule has 1 unspecified atom stereocenters. The molecule has 33 heavy (non-hydrogen) atoms. The van der Waals surface area contributed by atoms with Crippen LogP contribution in [0.3, 0.4) is 0 Å². The summed E-state index contributed by atoms with van der Waals surface area (Å²) in [5, 5.41) is 0. The molecule has 1 atom stereocenters. The number of imide groups is 1. The van der Waals surface area contributed by atoms with Crippen LogP contribution < -0.4 is 0 Å². The van der Waals surface area contributed by atoms with Gasteiger partial charge in [-0.05, 0) is 42.7 Å². The maximum absolute atomic E-state index is 13.5. The number of nitrogens with zero attached hydrogens (tertiary/aromatic N) is 3. The van der Waals surface area contributed by atoms with Crippen LogP contribution in [0.2, 0.25) is 0 Å². The standard InChI is InChI=1S/C23H25N3O5S2/c1-32-16-11-20(26-21(27)18-9-5-6-10-19(18)22(26)28)23(29)24-12-14-25(15-13-24)33(30,31)17-7-3-2-4-8-17/h2-10,20H,11-16H2,1H3. The van der Waals surface area contributed by atoms with Gasteiger partial charge in [-0.1, -0.05) is 30.3 Å². The Bertz CT molecular complexity index is 1130. The van der Waals surface area contributed by atoms with Gasteiger partial charge in [0.2, 0.25) is 15.9 Å². The number of rotatable bonds is 7. The second-order valence-corrected chi connectivity index (χ2v) is 10.8. The van der Waals surface area contributed by atoms with Crippen LogP contribution in [0.15, 0.2) is 59.5 Å². The molecule has 0 N–H and O–H groups in total. The van der Waals surface area contributed by atoms with E-state index in [0.29, 0.717) is 23.3 Å². The molecule has 8 nitrogen and oxygen atoms in total. The second kappa shape index (κ2) is 9.66. The molecule has 1 saturated heterocycles. The zero-order valence-electron chi connectivity index (χ0n) is 18.2. The number of carbonyl (C=O) groups is 3. The van der Waals surface area contributed by atoms with E-state index in [0.717, 1.165) is 4.90 Å². The summed E-state index contributed by atoms with van der Waals surface area (Å²) in [5.41, 5.74) is 0.617. The molecule has 0 saturated carbocycles. The number of benzene rings is 2. The van der Waals surface area contributed by atoms with Crippen LogP contribution in [-0.4, -0.2) is 84.5 Å². The van der Waals surface area contributed by atoms with Crippen LogP contribution in [0.1, 0.15) is 27.1 Å². The monoisotopic (exact) mass is 487 g/mol. The number of sulfonamides is 1. The highest BCUT2D eigenvalue weighted by molar-refractivity contribution is 7.98. The minimum Gasteiger partial charge on any atom is -0.338 e. The molecular formula is C23H25N3O5S2. The molecule has 0 bridgehead atoms. The highest BCUT2D eigenvalue weighted by Gasteiger charge is 2.44. The fourth-order valence-electron chi connectivity index (χ4n) is 4.18. The third-order valence-electron chi connectivity index (χ3n) is 5.95. The van der Waals surface area contributed by atoms with Gasteiger partial charge >= 0.3 is 0 Å². The van der Waals surface area contributed by atoms with Crippen LogP contribution in [-0.2, 0) is 14.8 Å². The third-order valence-corrected chi connectivity index (χ3v) is 8.51. The number of fused-ring (bicyclic) bond motifs is 1. The van der Waals surface area contributed by atoms with Crippen molar-refractivity contribution in [3.05, 3.63) is 65.7 Å². The summed E-state index contributed by atoms with van der Waals surface area (Å²) in [7, 11) is -3.64. The van der Waals surface area contributed by atoms with Gasteiger partial charge in [0.05, 0.1) is 16.0 Å². The van der Waals surface area contributed by atoms with E-state index in [1.807, 2.05) is 6.26 Å². The SMILES string of the molecule is CSCCC(C(=O)N1CCN(S(=O)(=O)c2ccccc2)CC1)N1C(=O)c2ccccc2C1=O. The molecule has 174 valence electrons. The Labute approximate surface area is 197 Å². The molecule has 2 aliphatic rings. The van der Waals surface area contributed by atoms with E-state index in [1.165, 1.54) is 16.1 Å². The molecule has 0 radical (unpaired) electrons. The highest BCUT2D eigenvalue weighted by atomic mass is 32.2. The number of thioether (sulfide) groups is 1. The summed E-state index contributed by atoms with van der Waals surface area (Å²) in [6, 6.07) is 13.9. The van der Waals surface area contributed by atoms with Crippen molar-refractivity contribution in [1.29, 1.82) is 0 Å². The molecule has 2 aromatic rings. The summed E-state index contributed by atoms with van der Waals surface area (Å²) in [5.74, 6) is -0.636. The van der Waals surface area contributed by atoms with Crippen LogP contribution in [0.4, 0.5) is 0 Å². The van der Waals surface area contributed by atoms with Crippen molar-refractivity contribution in [3.63, 3.8) is 0 Å². The van der Waals surface area contributed by atoms with Crippen molar-refractivity contribution < 1.29 is 22.8 Å². The lowest BCUT2D eigenvalue weighted by atomic mass is 10.1. The largest absolute Gasteiger partial charge is 0.338 e. The molecule has 4 rings (SSSR count). The smallest absolute Gasteiger partial charge is 0.262 e. The third kappa shape index (κ3) is 4.42. The molecule has 10 heteroatoms. The van der Waals surface area contributed by atoms with Crippen LogP contribution in [0.25, 0.3) is 0 Å². The van der Waals surface area contributed by atoms with Crippen molar-refractivity contribution in [2.24, 2.45) is 0 Å². The minimum atomic E-state index is -3.64. The van der Waals surface area contributed by atoms with Gasteiger partial charge in [-0.3, -0.25) is 19.3 Å². The zero-order chi connectivity index (χ0) is 23.6. The zero-order valence-corrected chi connectivity index (χ0v) is 19.8. The summed E-state index contributed by atoms with van der Waals surface area (Å²) in [6.45, 7) is 0.703.